The highest BCUT2D eigenvalue weighted by Crippen LogP contribution is 2.30. The van der Waals surface area contributed by atoms with E-state index in [-0.39, 0.29) is 0 Å². The number of rotatable bonds is 3. The monoisotopic (exact) mass is 286 g/mol. The van der Waals surface area contributed by atoms with E-state index in [4.69, 9.17) is 16.9 Å². The Kier molecular flexibility index (Phi) is 4.29. The molecule has 102 valence electrons. The molecule has 3 nitrogen and oxygen atoms in total. The fourth-order valence-electron chi connectivity index (χ4n) is 1.97. The van der Waals surface area contributed by atoms with Crippen molar-refractivity contribution in [2.45, 2.75) is 13.0 Å². The summed E-state index contributed by atoms with van der Waals surface area (Å²) in [4.78, 5) is 1.97. The molecule has 0 heterocycles. The number of halogens is 1. The van der Waals surface area contributed by atoms with Gasteiger partial charge in [-0.15, -0.1) is 0 Å². The molecule has 0 saturated heterocycles. The molecule has 0 saturated carbocycles. The third kappa shape index (κ3) is 2.93. The number of aliphatic hydroxyl groups excluding tert-OH is 1. The van der Waals surface area contributed by atoms with Crippen LogP contribution in [0.3, 0.4) is 0 Å². The molecular formula is C16H15ClN2O. The Hall–Kier alpha value is -2.02. The molecular weight excluding hydrogens is 272 g/mol. The van der Waals surface area contributed by atoms with Gasteiger partial charge in [-0.3, -0.25) is 0 Å². The van der Waals surface area contributed by atoms with E-state index >= 15 is 0 Å². The molecule has 0 amide bonds. The van der Waals surface area contributed by atoms with Crippen LogP contribution in [0.5, 0.6) is 0 Å². The minimum atomic E-state index is -0.586. The van der Waals surface area contributed by atoms with Crippen LogP contribution in [0.4, 0.5) is 11.4 Å². The van der Waals surface area contributed by atoms with E-state index in [9.17, 15) is 5.11 Å². The molecule has 0 aliphatic heterocycles. The van der Waals surface area contributed by atoms with E-state index in [2.05, 4.69) is 6.07 Å². The first kappa shape index (κ1) is 14.4. The molecule has 0 spiro atoms. The Morgan fingerprint density at radius 3 is 2.25 bits per heavy atom. The van der Waals surface area contributed by atoms with Gasteiger partial charge in [-0.25, -0.2) is 0 Å². The third-order valence-electron chi connectivity index (χ3n) is 3.21. The fourth-order valence-corrected chi connectivity index (χ4v) is 2.30. The Morgan fingerprint density at radius 1 is 1.15 bits per heavy atom. The standard InChI is InChI=1S/C16H15ClN2O/c1-11(20)15-8-7-14(9-16(15)17)19(2)13-5-3-12(10-18)4-6-13/h3-9,11,20H,1-2H3. The second kappa shape index (κ2) is 5.96. The summed E-state index contributed by atoms with van der Waals surface area (Å²) in [6.45, 7) is 1.69. The van der Waals surface area contributed by atoms with Crippen LogP contribution in [0.25, 0.3) is 0 Å². The van der Waals surface area contributed by atoms with E-state index in [0.29, 0.717) is 16.1 Å². The summed E-state index contributed by atoms with van der Waals surface area (Å²) < 4.78 is 0. The van der Waals surface area contributed by atoms with E-state index in [1.54, 1.807) is 19.1 Å². The maximum atomic E-state index is 9.58. The van der Waals surface area contributed by atoms with E-state index in [1.165, 1.54) is 0 Å². The van der Waals surface area contributed by atoms with Crippen molar-refractivity contribution < 1.29 is 5.11 Å². The summed E-state index contributed by atoms with van der Waals surface area (Å²) in [5.41, 5.74) is 3.22. The van der Waals surface area contributed by atoms with Crippen LogP contribution in [0.2, 0.25) is 5.02 Å². The van der Waals surface area contributed by atoms with Crippen LogP contribution in [-0.4, -0.2) is 12.2 Å². The van der Waals surface area contributed by atoms with Crippen LogP contribution < -0.4 is 4.90 Å². The van der Waals surface area contributed by atoms with Crippen molar-refractivity contribution in [1.29, 1.82) is 5.26 Å². The van der Waals surface area contributed by atoms with Crippen molar-refractivity contribution in [2.75, 3.05) is 11.9 Å². The SMILES string of the molecule is CC(O)c1ccc(N(C)c2ccc(C#N)cc2)cc1Cl. The van der Waals surface area contributed by atoms with Gasteiger partial charge < -0.3 is 10.0 Å². The molecule has 20 heavy (non-hydrogen) atoms. The van der Waals surface area contributed by atoms with Crippen LogP contribution in [-0.2, 0) is 0 Å². The first-order valence-corrected chi connectivity index (χ1v) is 6.62. The van der Waals surface area contributed by atoms with Gasteiger partial charge in [-0.2, -0.15) is 5.26 Å². The van der Waals surface area contributed by atoms with Crippen LogP contribution in [0.1, 0.15) is 24.2 Å². The largest absolute Gasteiger partial charge is 0.389 e. The highest BCUT2D eigenvalue weighted by atomic mass is 35.5. The molecule has 1 N–H and O–H groups in total. The summed E-state index contributed by atoms with van der Waals surface area (Å²) in [7, 11) is 1.93. The van der Waals surface area contributed by atoms with Crippen molar-refractivity contribution in [3.63, 3.8) is 0 Å². The minimum absolute atomic E-state index is 0.540. The fraction of sp³-hybridized carbons (Fsp3) is 0.188. The number of nitrogens with zero attached hydrogens (tertiary/aromatic N) is 2. The molecule has 0 aliphatic rings. The van der Waals surface area contributed by atoms with Crippen molar-refractivity contribution in [3.05, 3.63) is 58.6 Å². The number of aliphatic hydroxyl groups is 1. The molecule has 0 radical (unpaired) electrons. The molecule has 0 fully saturated rings. The number of anilines is 2. The van der Waals surface area contributed by atoms with Crippen molar-refractivity contribution in [2.24, 2.45) is 0 Å². The zero-order chi connectivity index (χ0) is 14.7. The average molecular weight is 287 g/mol. The maximum Gasteiger partial charge on any atom is 0.0991 e. The molecule has 0 aliphatic carbocycles. The van der Waals surface area contributed by atoms with Crippen LogP contribution in [0.15, 0.2) is 42.5 Å². The first-order valence-electron chi connectivity index (χ1n) is 6.24. The maximum absolute atomic E-state index is 9.58. The summed E-state index contributed by atoms with van der Waals surface area (Å²) in [6.07, 6.45) is -0.586. The zero-order valence-corrected chi connectivity index (χ0v) is 12.1. The second-order valence-electron chi connectivity index (χ2n) is 4.60. The number of hydrogen-bond donors (Lipinski definition) is 1. The molecule has 2 rings (SSSR count). The average Bonchev–Trinajstić information content (AvgIpc) is 2.46. The number of benzene rings is 2. The topological polar surface area (TPSA) is 47.3 Å². The van der Waals surface area contributed by atoms with Gasteiger partial charge in [0.25, 0.3) is 0 Å². The quantitative estimate of drug-likeness (QED) is 0.926. The highest BCUT2D eigenvalue weighted by molar-refractivity contribution is 6.31. The molecule has 0 aromatic heterocycles. The lowest BCUT2D eigenvalue weighted by atomic mass is 10.1. The molecule has 2 aromatic carbocycles. The summed E-state index contributed by atoms with van der Waals surface area (Å²) in [6, 6.07) is 15.0. The molecule has 1 unspecified atom stereocenters. The predicted molar refractivity (Wildman–Crippen MR) is 81.3 cm³/mol. The smallest absolute Gasteiger partial charge is 0.0991 e. The predicted octanol–water partition coefficient (Wildman–Crippen LogP) is 4.03. The van der Waals surface area contributed by atoms with Crippen LogP contribution >= 0.6 is 11.6 Å². The van der Waals surface area contributed by atoms with Crippen LogP contribution in [0, 0.1) is 11.3 Å². The lowest BCUT2D eigenvalue weighted by Gasteiger charge is -2.21. The lowest BCUT2D eigenvalue weighted by Crippen LogP contribution is -2.09. The zero-order valence-electron chi connectivity index (χ0n) is 11.3. The summed E-state index contributed by atoms with van der Waals surface area (Å²) in [5.74, 6) is 0. The normalized spacial score (nSPS) is 11.8. The van der Waals surface area contributed by atoms with Gasteiger partial charge in [0.2, 0.25) is 0 Å². The molecule has 0 bridgehead atoms. The summed E-state index contributed by atoms with van der Waals surface area (Å²) in [5, 5.41) is 18.9. The Labute approximate surface area is 123 Å². The van der Waals surface area contributed by atoms with Gasteiger partial charge in [0.1, 0.15) is 0 Å². The van der Waals surface area contributed by atoms with Gasteiger partial charge in [0.15, 0.2) is 0 Å². The summed E-state index contributed by atoms with van der Waals surface area (Å²) >= 11 is 6.17. The second-order valence-corrected chi connectivity index (χ2v) is 5.01. The van der Waals surface area contributed by atoms with Crippen molar-refractivity contribution in [1.82, 2.24) is 0 Å². The molecule has 1 atom stereocenters. The Morgan fingerprint density at radius 2 is 1.75 bits per heavy atom. The van der Waals surface area contributed by atoms with E-state index in [0.717, 1.165) is 11.4 Å². The van der Waals surface area contributed by atoms with Gasteiger partial charge in [-0.05, 0) is 48.9 Å². The van der Waals surface area contributed by atoms with E-state index < -0.39 is 6.10 Å². The Balaban J connectivity index is 2.31. The van der Waals surface area contributed by atoms with Gasteiger partial charge in [0, 0.05) is 23.4 Å². The molecule has 2 aromatic rings. The van der Waals surface area contributed by atoms with Gasteiger partial charge in [0.05, 0.1) is 17.7 Å². The van der Waals surface area contributed by atoms with Crippen molar-refractivity contribution in [3.8, 4) is 6.07 Å². The first-order chi connectivity index (χ1) is 9.52. The molecule has 4 heteroatoms. The lowest BCUT2D eigenvalue weighted by molar-refractivity contribution is 0.199. The van der Waals surface area contributed by atoms with Crippen molar-refractivity contribution >= 4 is 23.0 Å². The number of hydrogen-bond acceptors (Lipinski definition) is 3. The van der Waals surface area contributed by atoms with Gasteiger partial charge >= 0.3 is 0 Å². The van der Waals surface area contributed by atoms with Gasteiger partial charge in [-0.1, -0.05) is 17.7 Å². The third-order valence-corrected chi connectivity index (χ3v) is 3.53. The number of nitriles is 1. The minimum Gasteiger partial charge on any atom is -0.389 e. The highest BCUT2D eigenvalue weighted by Gasteiger charge is 2.10. The van der Waals surface area contributed by atoms with E-state index in [1.807, 2.05) is 42.3 Å². The Bertz CT molecular complexity index is 645.